The number of hydrogen-bond donors (Lipinski definition) is 1. The fraction of sp³-hybridized carbons (Fsp3) is 0.833. The third-order valence-corrected chi connectivity index (χ3v) is 3.83. The maximum Gasteiger partial charge on any atom is 0.267 e. The first-order valence-corrected chi connectivity index (χ1v) is 7.60. The summed E-state index contributed by atoms with van der Waals surface area (Å²) >= 11 is 0. The summed E-state index contributed by atoms with van der Waals surface area (Å²) in [7, 11) is -3.86. The lowest BCUT2D eigenvalue weighted by molar-refractivity contribution is 0.470. The van der Waals surface area contributed by atoms with Gasteiger partial charge in [-0.25, -0.2) is 0 Å². The van der Waals surface area contributed by atoms with Gasteiger partial charge in [0.1, 0.15) is 0 Å². The van der Waals surface area contributed by atoms with Crippen molar-refractivity contribution in [1.82, 2.24) is 0 Å². The standard InChI is InChI=1S/C12H24O3S/c1-3-4-5-6-7-8-9-10-11-12(2)16(13,14)15/h9-10,12H,3-8,11H2,1-2H3,(H,13,14,15). The average molecular weight is 248 g/mol. The lowest BCUT2D eigenvalue weighted by Crippen LogP contribution is -2.15. The van der Waals surface area contributed by atoms with Crippen molar-refractivity contribution in [1.29, 1.82) is 0 Å². The molecular formula is C12H24O3S. The van der Waals surface area contributed by atoms with Crippen molar-refractivity contribution in [2.75, 3.05) is 0 Å². The van der Waals surface area contributed by atoms with E-state index in [1.165, 1.54) is 32.6 Å². The van der Waals surface area contributed by atoms with E-state index in [0.717, 1.165) is 12.8 Å². The van der Waals surface area contributed by atoms with E-state index in [-0.39, 0.29) is 0 Å². The number of hydrogen-bond acceptors (Lipinski definition) is 2. The zero-order valence-corrected chi connectivity index (χ0v) is 11.2. The number of allylic oxidation sites excluding steroid dienone is 2. The van der Waals surface area contributed by atoms with E-state index in [2.05, 4.69) is 6.92 Å². The van der Waals surface area contributed by atoms with Crippen LogP contribution in [-0.2, 0) is 10.1 Å². The average Bonchev–Trinajstić information content (AvgIpc) is 2.20. The van der Waals surface area contributed by atoms with Gasteiger partial charge in [0.05, 0.1) is 5.25 Å². The molecule has 3 nitrogen and oxygen atoms in total. The minimum atomic E-state index is -3.86. The van der Waals surface area contributed by atoms with Gasteiger partial charge < -0.3 is 0 Å². The van der Waals surface area contributed by atoms with Crippen LogP contribution >= 0.6 is 0 Å². The van der Waals surface area contributed by atoms with Gasteiger partial charge in [0.2, 0.25) is 0 Å². The molecule has 0 aliphatic rings. The van der Waals surface area contributed by atoms with Crippen molar-refractivity contribution < 1.29 is 13.0 Å². The Kier molecular flexibility index (Phi) is 8.57. The minimum absolute atomic E-state index is 0.397. The van der Waals surface area contributed by atoms with Crippen LogP contribution in [0.1, 0.15) is 58.8 Å². The minimum Gasteiger partial charge on any atom is -0.285 e. The highest BCUT2D eigenvalue weighted by molar-refractivity contribution is 7.86. The molecule has 0 fully saturated rings. The summed E-state index contributed by atoms with van der Waals surface area (Å²) in [5.74, 6) is 0. The summed E-state index contributed by atoms with van der Waals surface area (Å²) in [6.45, 7) is 3.71. The predicted molar refractivity (Wildman–Crippen MR) is 68.1 cm³/mol. The molecule has 1 unspecified atom stereocenters. The van der Waals surface area contributed by atoms with Gasteiger partial charge in [-0.3, -0.25) is 4.55 Å². The van der Waals surface area contributed by atoms with Gasteiger partial charge in [-0.2, -0.15) is 8.42 Å². The molecule has 0 radical (unpaired) electrons. The molecule has 0 rings (SSSR count). The van der Waals surface area contributed by atoms with Crippen molar-refractivity contribution in [2.24, 2.45) is 0 Å². The lowest BCUT2D eigenvalue weighted by Gasteiger charge is -2.03. The Hall–Kier alpha value is -0.350. The second kappa shape index (κ2) is 8.76. The van der Waals surface area contributed by atoms with Crippen molar-refractivity contribution in [3.63, 3.8) is 0 Å². The van der Waals surface area contributed by atoms with Gasteiger partial charge in [-0.15, -0.1) is 0 Å². The van der Waals surface area contributed by atoms with E-state index < -0.39 is 15.4 Å². The predicted octanol–water partition coefficient (Wildman–Crippen LogP) is 3.57. The molecule has 1 atom stereocenters. The van der Waals surface area contributed by atoms with E-state index >= 15 is 0 Å². The largest absolute Gasteiger partial charge is 0.285 e. The van der Waals surface area contributed by atoms with Crippen molar-refractivity contribution in [3.05, 3.63) is 12.2 Å². The van der Waals surface area contributed by atoms with E-state index in [1.807, 2.05) is 12.2 Å². The molecule has 96 valence electrons. The quantitative estimate of drug-likeness (QED) is 0.385. The Balaban J connectivity index is 3.49. The summed E-state index contributed by atoms with van der Waals surface area (Å²) in [5.41, 5.74) is 0. The van der Waals surface area contributed by atoms with Gasteiger partial charge >= 0.3 is 0 Å². The first-order chi connectivity index (χ1) is 7.48. The summed E-state index contributed by atoms with van der Waals surface area (Å²) in [6, 6.07) is 0. The lowest BCUT2D eigenvalue weighted by atomic mass is 10.1. The Morgan fingerprint density at radius 3 is 2.31 bits per heavy atom. The van der Waals surface area contributed by atoms with E-state index in [9.17, 15) is 8.42 Å². The molecule has 0 amide bonds. The summed E-state index contributed by atoms with van der Waals surface area (Å²) < 4.78 is 30.1. The van der Waals surface area contributed by atoms with Crippen LogP contribution in [0, 0.1) is 0 Å². The topological polar surface area (TPSA) is 54.4 Å². The van der Waals surface area contributed by atoms with Crippen LogP contribution in [0.2, 0.25) is 0 Å². The molecule has 0 saturated carbocycles. The van der Waals surface area contributed by atoms with Gasteiger partial charge in [-0.1, -0.05) is 44.8 Å². The molecule has 0 spiro atoms. The van der Waals surface area contributed by atoms with Gasteiger partial charge in [0.25, 0.3) is 10.1 Å². The normalized spacial score (nSPS) is 14.4. The third kappa shape index (κ3) is 8.92. The maximum absolute atomic E-state index is 10.7. The molecule has 16 heavy (non-hydrogen) atoms. The molecule has 4 heteroatoms. The maximum atomic E-state index is 10.7. The second-order valence-corrected chi connectivity index (χ2v) is 6.07. The first kappa shape index (κ1) is 15.7. The highest BCUT2D eigenvalue weighted by Crippen LogP contribution is 2.07. The molecule has 0 bridgehead atoms. The molecular weight excluding hydrogens is 224 g/mol. The first-order valence-electron chi connectivity index (χ1n) is 6.09. The molecule has 0 aliphatic heterocycles. The molecule has 0 aromatic heterocycles. The number of unbranched alkanes of at least 4 members (excludes halogenated alkanes) is 5. The van der Waals surface area contributed by atoms with Gasteiger partial charge in [0.15, 0.2) is 0 Å². The van der Waals surface area contributed by atoms with E-state index in [1.54, 1.807) is 0 Å². The zero-order chi connectivity index (χ0) is 12.4. The number of rotatable bonds is 9. The van der Waals surface area contributed by atoms with Crippen LogP contribution in [0.4, 0.5) is 0 Å². The SMILES string of the molecule is CCCCCCCC=CCC(C)S(=O)(=O)O. The van der Waals surface area contributed by atoms with E-state index in [4.69, 9.17) is 4.55 Å². The van der Waals surface area contributed by atoms with Crippen LogP contribution < -0.4 is 0 Å². The molecule has 0 aromatic rings. The fourth-order valence-electron chi connectivity index (χ4n) is 1.39. The van der Waals surface area contributed by atoms with Crippen LogP contribution in [0.5, 0.6) is 0 Å². The van der Waals surface area contributed by atoms with Crippen LogP contribution in [0.15, 0.2) is 12.2 Å². The third-order valence-electron chi connectivity index (χ3n) is 2.62. The fourth-order valence-corrected chi connectivity index (χ4v) is 1.75. The van der Waals surface area contributed by atoms with Gasteiger partial charge in [-0.05, 0) is 26.2 Å². The highest BCUT2D eigenvalue weighted by atomic mass is 32.2. The van der Waals surface area contributed by atoms with E-state index in [0.29, 0.717) is 6.42 Å². The van der Waals surface area contributed by atoms with Crippen molar-refractivity contribution in [2.45, 2.75) is 64.0 Å². The zero-order valence-electron chi connectivity index (χ0n) is 10.4. The smallest absolute Gasteiger partial charge is 0.267 e. The van der Waals surface area contributed by atoms with Crippen LogP contribution in [0.3, 0.4) is 0 Å². The molecule has 1 N–H and O–H groups in total. The Labute approximate surface area is 99.7 Å². The molecule has 0 aromatic carbocycles. The Morgan fingerprint density at radius 1 is 1.12 bits per heavy atom. The summed E-state index contributed by atoms with van der Waals surface area (Å²) in [4.78, 5) is 0. The Bertz CT molecular complexity index is 281. The van der Waals surface area contributed by atoms with Crippen molar-refractivity contribution in [3.8, 4) is 0 Å². The summed E-state index contributed by atoms with van der Waals surface area (Å²) in [6.07, 6.45) is 11.5. The monoisotopic (exact) mass is 248 g/mol. The second-order valence-electron chi connectivity index (χ2n) is 4.24. The molecule has 0 heterocycles. The van der Waals surface area contributed by atoms with Crippen molar-refractivity contribution >= 4 is 10.1 Å². The molecule has 0 saturated heterocycles. The molecule has 0 aliphatic carbocycles. The summed E-state index contributed by atoms with van der Waals surface area (Å²) in [5, 5.41) is -0.691. The highest BCUT2D eigenvalue weighted by Gasteiger charge is 2.14. The Morgan fingerprint density at radius 2 is 1.75 bits per heavy atom. The van der Waals surface area contributed by atoms with Gasteiger partial charge in [0, 0.05) is 0 Å². The van der Waals surface area contributed by atoms with Crippen LogP contribution in [0.25, 0.3) is 0 Å². The van der Waals surface area contributed by atoms with Crippen LogP contribution in [-0.4, -0.2) is 18.2 Å².